The van der Waals surface area contributed by atoms with Gasteiger partial charge in [-0.1, -0.05) is 39.0 Å². The minimum Gasteiger partial charge on any atom is -0.461 e. The lowest BCUT2D eigenvalue weighted by Crippen LogP contribution is -2.60. The Bertz CT molecular complexity index is 867. The van der Waals surface area contributed by atoms with Crippen LogP contribution in [0.2, 0.25) is 0 Å². The Kier molecular flexibility index (Phi) is 5.74. The molecule has 6 atom stereocenters. The van der Waals surface area contributed by atoms with Gasteiger partial charge in [0.25, 0.3) is 0 Å². The van der Waals surface area contributed by atoms with E-state index in [-0.39, 0.29) is 37.0 Å². The van der Waals surface area contributed by atoms with Gasteiger partial charge in [-0.25, -0.2) is 0 Å². The number of aliphatic hydroxyl groups excluding tert-OH is 1. The molecule has 1 spiro atoms. The van der Waals surface area contributed by atoms with Crippen molar-refractivity contribution in [1.29, 1.82) is 0 Å². The van der Waals surface area contributed by atoms with Gasteiger partial charge in [0.1, 0.15) is 29.8 Å². The minimum atomic E-state index is -1.30. The van der Waals surface area contributed by atoms with Gasteiger partial charge in [-0.3, -0.25) is 14.4 Å². The molecule has 4 aliphatic rings. The van der Waals surface area contributed by atoms with Crippen molar-refractivity contribution in [2.45, 2.75) is 70.4 Å². The Morgan fingerprint density at radius 3 is 2.41 bits per heavy atom. The Morgan fingerprint density at radius 2 is 1.81 bits per heavy atom. The summed E-state index contributed by atoms with van der Waals surface area (Å²) in [6.45, 7) is 9.83. The average molecular weight is 447 g/mol. The monoisotopic (exact) mass is 446 g/mol. The van der Waals surface area contributed by atoms with Crippen LogP contribution in [0.5, 0.6) is 0 Å². The van der Waals surface area contributed by atoms with Crippen LogP contribution in [0, 0.1) is 17.8 Å². The normalized spacial score (nSPS) is 37.4. The van der Waals surface area contributed by atoms with E-state index in [1.54, 1.807) is 11.0 Å². The predicted molar refractivity (Wildman–Crippen MR) is 116 cm³/mol. The van der Waals surface area contributed by atoms with E-state index < -0.39 is 41.1 Å². The fourth-order valence-electron chi connectivity index (χ4n) is 5.99. The van der Waals surface area contributed by atoms with E-state index in [1.807, 2.05) is 52.8 Å². The van der Waals surface area contributed by atoms with Crippen molar-refractivity contribution in [2.75, 3.05) is 19.8 Å². The number of carbonyl (C=O) groups is 3. The Hall–Kier alpha value is -2.19. The molecule has 1 N–H and O–H groups in total. The molecule has 4 aliphatic heterocycles. The van der Waals surface area contributed by atoms with Crippen LogP contribution in [-0.2, 0) is 23.9 Å². The molecule has 2 fully saturated rings. The molecule has 8 nitrogen and oxygen atoms in total. The van der Waals surface area contributed by atoms with Crippen LogP contribution in [0.15, 0.2) is 24.3 Å². The van der Waals surface area contributed by atoms with Crippen LogP contribution in [0.1, 0.15) is 41.0 Å². The number of likely N-dealkylation sites (tertiary alicyclic amines) is 1. The van der Waals surface area contributed by atoms with Gasteiger partial charge in [0.2, 0.25) is 11.8 Å². The lowest BCUT2D eigenvalue weighted by molar-refractivity contribution is -0.162. The Balaban J connectivity index is 1.95. The molecule has 8 heteroatoms. The van der Waals surface area contributed by atoms with E-state index in [2.05, 4.69) is 0 Å². The number of amides is 2. The van der Waals surface area contributed by atoms with Gasteiger partial charge in [0.05, 0.1) is 18.6 Å². The van der Waals surface area contributed by atoms with Crippen LogP contribution < -0.4 is 0 Å². The van der Waals surface area contributed by atoms with E-state index in [0.717, 1.165) is 0 Å². The van der Waals surface area contributed by atoms with Crippen LogP contribution in [-0.4, -0.2) is 81.8 Å². The third-order valence-electron chi connectivity index (χ3n) is 7.60. The molecule has 0 aromatic heterocycles. The van der Waals surface area contributed by atoms with Gasteiger partial charge >= 0.3 is 5.97 Å². The highest BCUT2D eigenvalue weighted by molar-refractivity contribution is 5.99. The number of hydrogen-bond donors (Lipinski definition) is 1. The SMILES string of the molecule is CC[C@@]12C=CCOC(=O)[C@@H]1[C@H]1C(=O)N([C@@H](CO)C(C)C)C3C(=O)N(C(C)C)CC=C[C@@]31O2. The second kappa shape index (κ2) is 7.99. The summed E-state index contributed by atoms with van der Waals surface area (Å²) in [5.74, 6) is -2.89. The van der Waals surface area contributed by atoms with E-state index in [4.69, 9.17) is 9.47 Å². The molecule has 0 aromatic carbocycles. The summed E-state index contributed by atoms with van der Waals surface area (Å²) in [4.78, 5) is 44.4. The second-order valence-electron chi connectivity index (χ2n) is 9.88. The minimum absolute atomic E-state index is 0.0817. The molecule has 0 aliphatic carbocycles. The van der Waals surface area contributed by atoms with E-state index in [9.17, 15) is 19.5 Å². The first kappa shape index (κ1) is 23.0. The summed E-state index contributed by atoms with van der Waals surface area (Å²) in [7, 11) is 0. The third-order valence-corrected chi connectivity index (χ3v) is 7.60. The predicted octanol–water partition coefficient (Wildman–Crippen LogP) is 1.28. The van der Waals surface area contributed by atoms with Crippen molar-refractivity contribution >= 4 is 17.8 Å². The smallest absolute Gasteiger partial charge is 0.313 e. The molecule has 4 rings (SSSR count). The lowest BCUT2D eigenvalue weighted by atomic mass is 9.73. The zero-order valence-electron chi connectivity index (χ0n) is 19.5. The first-order valence-corrected chi connectivity index (χ1v) is 11.6. The Morgan fingerprint density at radius 1 is 1.09 bits per heavy atom. The molecule has 4 heterocycles. The molecule has 32 heavy (non-hydrogen) atoms. The first-order chi connectivity index (χ1) is 15.1. The molecule has 0 radical (unpaired) electrons. The summed E-state index contributed by atoms with van der Waals surface area (Å²) in [6, 6.07) is -1.62. The maximum Gasteiger partial charge on any atom is 0.313 e. The topological polar surface area (TPSA) is 96.4 Å². The fraction of sp³-hybridized carbons (Fsp3) is 0.708. The number of aliphatic hydroxyl groups is 1. The molecular formula is C24H34N2O6. The van der Waals surface area contributed by atoms with Gasteiger partial charge in [0.15, 0.2) is 0 Å². The first-order valence-electron chi connectivity index (χ1n) is 11.6. The number of cyclic esters (lactones) is 1. The van der Waals surface area contributed by atoms with Crippen LogP contribution in [0.3, 0.4) is 0 Å². The number of nitrogens with zero attached hydrogens (tertiary/aromatic N) is 2. The largest absolute Gasteiger partial charge is 0.461 e. The van der Waals surface area contributed by atoms with Gasteiger partial charge in [-0.2, -0.15) is 0 Å². The second-order valence-corrected chi connectivity index (χ2v) is 9.88. The zero-order chi connectivity index (χ0) is 23.4. The molecule has 2 amide bonds. The number of ether oxygens (including phenoxy) is 2. The van der Waals surface area contributed by atoms with Gasteiger partial charge < -0.3 is 24.4 Å². The molecule has 2 saturated heterocycles. The number of rotatable bonds is 5. The van der Waals surface area contributed by atoms with Gasteiger partial charge in [-0.15, -0.1) is 0 Å². The van der Waals surface area contributed by atoms with Crippen molar-refractivity contribution in [1.82, 2.24) is 9.80 Å². The van der Waals surface area contributed by atoms with Crippen molar-refractivity contribution in [3.63, 3.8) is 0 Å². The summed E-state index contributed by atoms with van der Waals surface area (Å²) < 4.78 is 12.2. The molecule has 176 valence electrons. The van der Waals surface area contributed by atoms with Crippen LogP contribution in [0.4, 0.5) is 0 Å². The standard InChI is InChI=1S/C24H34N2O6/c1-6-23-9-8-12-31-22(30)18(23)17-20(28)26(16(13-27)14(2)3)19-21(29)25(15(4)5)11-7-10-24(17,19)32-23/h7-10,14-19,27H,6,11-13H2,1-5H3/t16-,17-,18-,19?,23+,24-/m0/s1. The molecular weight excluding hydrogens is 412 g/mol. The van der Waals surface area contributed by atoms with E-state index >= 15 is 0 Å². The van der Waals surface area contributed by atoms with Crippen molar-refractivity contribution in [2.24, 2.45) is 17.8 Å². The van der Waals surface area contributed by atoms with Gasteiger partial charge in [0, 0.05) is 12.6 Å². The molecule has 0 aromatic rings. The third kappa shape index (κ3) is 2.99. The molecule has 1 unspecified atom stereocenters. The number of fused-ring (bicyclic) bond motifs is 2. The number of carbonyl (C=O) groups excluding carboxylic acids is 3. The summed E-state index contributed by atoms with van der Waals surface area (Å²) >= 11 is 0. The maximum atomic E-state index is 14.1. The van der Waals surface area contributed by atoms with Gasteiger partial charge in [-0.05, 0) is 32.3 Å². The van der Waals surface area contributed by atoms with Crippen LogP contribution in [0.25, 0.3) is 0 Å². The number of hydrogen-bond acceptors (Lipinski definition) is 6. The van der Waals surface area contributed by atoms with E-state index in [1.165, 1.54) is 4.90 Å². The average Bonchev–Trinajstić information content (AvgIpc) is 3.01. The summed E-state index contributed by atoms with van der Waals surface area (Å²) in [5, 5.41) is 10.2. The quantitative estimate of drug-likeness (QED) is 0.505. The lowest BCUT2D eigenvalue weighted by Gasteiger charge is -2.42. The van der Waals surface area contributed by atoms with E-state index in [0.29, 0.717) is 13.0 Å². The summed E-state index contributed by atoms with van der Waals surface area (Å²) in [6.07, 6.45) is 7.74. The molecule has 0 saturated carbocycles. The Labute approximate surface area is 189 Å². The fourth-order valence-corrected chi connectivity index (χ4v) is 5.99. The van der Waals surface area contributed by atoms with Crippen molar-refractivity contribution in [3.05, 3.63) is 24.3 Å². The molecule has 0 bridgehead atoms. The maximum absolute atomic E-state index is 14.1. The van der Waals surface area contributed by atoms with Crippen molar-refractivity contribution in [3.8, 4) is 0 Å². The van der Waals surface area contributed by atoms with Crippen LogP contribution >= 0.6 is 0 Å². The highest BCUT2D eigenvalue weighted by Crippen LogP contribution is 2.58. The van der Waals surface area contributed by atoms with Crippen molar-refractivity contribution < 1.29 is 29.0 Å². The summed E-state index contributed by atoms with van der Waals surface area (Å²) in [5.41, 5.74) is -2.33. The zero-order valence-corrected chi connectivity index (χ0v) is 19.5. The highest BCUT2D eigenvalue weighted by atomic mass is 16.6. The highest BCUT2D eigenvalue weighted by Gasteiger charge is 2.76. The number of esters is 1.